The Morgan fingerprint density at radius 2 is 1.92 bits per heavy atom. The zero-order chi connectivity index (χ0) is 17.0. The van der Waals surface area contributed by atoms with Gasteiger partial charge in [0.25, 0.3) is 0 Å². The second-order valence-electron chi connectivity index (χ2n) is 5.25. The summed E-state index contributed by atoms with van der Waals surface area (Å²) in [5.74, 6) is 1.72. The molecule has 2 aromatic rings. The highest BCUT2D eigenvalue weighted by molar-refractivity contribution is 6.31. The number of methoxy groups -OCH3 is 1. The summed E-state index contributed by atoms with van der Waals surface area (Å²) in [6.07, 6.45) is 3.33. The minimum Gasteiger partial charge on any atom is -0.469 e. The van der Waals surface area contributed by atoms with Crippen LogP contribution in [0.15, 0.2) is 52.1 Å². The van der Waals surface area contributed by atoms with Gasteiger partial charge in [0.05, 0.1) is 19.4 Å². The SMILES string of the molecule is COCCN=C(NCCc1ccco1)NCCc1ccccc1Cl. The van der Waals surface area contributed by atoms with E-state index < -0.39 is 0 Å². The van der Waals surface area contributed by atoms with E-state index in [1.54, 1.807) is 13.4 Å². The number of aliphatic imine (C=N–C) groups is 1. The maximum absolute atomic E-state index is 6.18. The summed E-state index contributed by atoms with van der Waals surface area (Å²) < 4.78 is 10.4. The number of halogens is 1. The third kappa shape index (κ3) is 6.64. The van der Waals surface area contributed by atoms with Crippen molar-refractivity contribution in [3.05, 3.63) is 59.0 Å². The van der Waals surface area contributed by atoms with Gasteiger partial charge < -0.3 is 19.8 Å². The van der Waals surface area contributed by atoms with E-state index in [0.29, 0.717) is 13.2 Å². The molecule has 0 aliphatic rings. The van der Waals surface area contributed by atoms with Crippen LogP contribution in [0.25, 0.3) is 0 Å². The van der Waals surface area contributed by atoms with Crippen molar-refractivity contribution in [3.63, 3.8) is 0 Å². The molecular formula is C18H24ClN3O2. The molecule has 24 heavy (non-hydrogen) atoms. The van der Waals surface area contributed by atoms with E-state index in [1.807, 2.05) is 36.4 Å². The van der Waals surface area contributed by atoms with Crippen molar-refractivity contribution in [2.75, 3.05) is 33.4 Å². The number of hydrogen-bond acceptors (Lipinski definition) is 3. The van der Waals surface area contributed by atoms with Crippen LogP contribution >= 0.6 is 11.6 Å². The van der Waals surface area contributed by atoms with Crippen molar-refractivity contribution < 1.29 is 9.15 Å². The molecule has 0 saturated carbocycles. The molecule has 1 aromatic heterocycles. The number of benzene rings is 1. The minimum atomic E-state index is 0.593. The second-order valence-corrected chi connectivity index (χ2v) is 5.65. The first-order valence-corrected chi connectivity index (χ1v) is 8.44. The molecule has 1 aromatic carbocycles. The lowest BCUT2D eigenvalue weighted by Gasteiger charge is -2.12. The molecule has 130 valence electrons. The summed E-state index contributed by atoms with van der Waals surface area (Å²) in [5, 5.41) is 7.43. The van der Waals surface area contributed by atoms with Gasteiger partial charge in [-0.2, -0.15) is 0 Å². The molecule has 1 heterocycles. The molecular weight excluding hydrogens is 326 g/mol. The molecule has 0 aliphatic heterocycles. The molecule has 2 N–H and O–H groups in total. The van der Waals surface area contributed by atoms with Crippen LogP contribution in [0.5, 0.6) is 0 Å². The van der Waals surface area contributed by atoms with Gasteiger partial charge in [-0.05, 0) is 30.2 Å². The highest BCUT2D eigenvalue weighted by atomic mass is 35.5. The summed E-state index contributed by atoms with van der Waals surface area (Å²) in [6.45, 7) is 2.70. The first-order valence-electron chi connectivity index (χ1n) is 8.06. The third-order valence-corrected chi connectivity index (χ3v) is 3.82. The van der Waals surface area contributed by atoms with Gasteiger partial charge in [0.1, 0.15) is 5.76 Å². The lowest BCUT2D eigenvalue weighted by molar-refractivity contribution is 0.208. The molecule has 0 unspecified atom stereocenters. The number of nitrogens with zero attached hydrogens (tertiary/aromatic N) is 1. The molecule has 0 spiro atoms. The topological polar surface area (TPSA) is 58.8 Å². The van der Waals surface area contributed by atoms with Gasteiger partial charge in [-0.25, -0.2) is 0 Å². The first-order chi connectivity index (χ1) is 11.8. The van der Waals surface area contributed by atoms with Crippen LogP contribution in [-0.2, 0) is 17.6 Å². The number of guanidine groups is 1. The van der Waals surface area contributed by atoms with E-state index >= 15 is 0 Å². The zero-order valence-corrected chi connectivity index (χ0v) is 14.7. The van der Waals surface area contributed by atoms with E-state index in [2.05, 4.69) is 15.6 Å². The van der Waals surface area contributed by atoms with Crippen molar-refractivity contribution in [1.29, 1.82) is 0 Å². The van der Waals surface area contributed by atoms with Crippen LogP contribution in [-0.4, -0.2) is 39.3 Å². The van der Waals surface area contributed by atoms with E-state index in [-0.39, 0.29) is 0 Å². The highest BCUT2D eigenvalue weighted by Crippen LogP contribution is 2.14. The largest absolute Gasteiger partial charge is 0.469 e. The highest BCUT2D eigenvalue weighted by Gasteiger charge is 2.02. The Bertz CT molecular complexity index is 614. The van der Waals surface area contributed by atoms with Gasteiger partial charge in [0.2, 0.25) is 0 Å². The van der Waals surface area contributed by atoms with E-state index in [1.165, 1.54) is 0 Å². The lowest BCUT2D eigenvalue weighted by Crippen LogP contribution is -2.39. The van der Waals surface area contributed by atoms with Crippen LogP contribution in [0.2, 0.25) is 5.02 Å². The van der Waals surface area contributed by atoms with Crippen molar-refractivity contribution in [2.45, 2.75) is 12.8 Å². The second kappa shape index (κ2) is 10.7. The van der Waals surface area contributed by atoms with Gasteiger partial charge in [-0.15, -0.1) is 0 Å². The number of rotatable bonds is 9. The summed E-state index contributed by atoms with van der Waals surface area (Å²) >= 11 is 6.18. The maximum Gasteiger partial charge on any atom is 0.191 e. The Morgan fingerprint density at radius 1 is 1.12 bits per heavy atom. The van der Waals surface area contributed by atoms with Crippen LogP contribution < -0.4 is 10.6 Å². The fraction of sp³-hybridized carbons (Fsp3) is 0.389. The number of hydrogen-bond donors (Lipinski definition) is 2. The molecule has 0 atom stereocenters. The van der Waals surface area contributed by atoms with Crippen molar-refractivity contribution in [1.82, 2.24) is 10.6 Å². The predicted octanol–water partition coefficient (Wildman–Crippen LogP) is 2.90. The van der Waals surface area contributed by atoms with Gasteiger partial charge in [0, 0.05) is 31.6 Å². The summed E-state index contributed by atoms with van der Waals surface area (Å²) in [6, 6.07) is 11.7. The monoisotopic (exact) mass is 349 g/mol. The Balaban J connectivity index is 1.79. The molecule has 0 amide bonds. The van der Waals surface area contributed by atoms with Crippen molar-refractivity contribution in [2.24, 2.45) is 4.99 Å². The van der Waals surface area contributed by atoms with Gasteiger partial charge in [0.15, 0.2) is 5.96 Å². The molecule has 0 radical (unpaired) electrons. The maximum atomic E-state index is 6.18. The van der Waals surface area contributed by atoms with Crippen molar-refractivity contribution >= 4 is 17.6 Å². The molecule has 0 fully saturated rings. The number of ether oxygens (including phenoxy) is 1. The average Bonchev–Trinajstić information content (AvgIpc) is 3.10. The van der Waals surface area contributed by atoms with Crippen LogP contribution in [0.4, 0.5) is 0 Å². The van der Waals surface area contributed by atoms with Crippen LogP contribution in [0.1, 0.15) is 11.3 Å². The lowest BCUT2D eigenvalue weighted by atomic mass is 10.1. The first kappa shape index (κ1) is 18.4. The zero-order valence-electron chi connectivity index (χ0n) is 13.9. The van der Waals surface area contributed by atoms with E-state index in [0.717, 1.165) is 48.2 Å². The minimum absolute atomic E-state index is 0.593. The van der Waals surface area contributed by atoms with Crippen LogP contribution in [0, 0.1) is 0 Å². The summed E-state index contributed by atoms with van der Waals surface area (Å²) in [5.41, 5.74) is 1.12. The Kier molecular flexibility index (Phi) is 8.21. The Morgan fingerprint density at radius 3 is 2.62 bits per heavy atom. The average molecular weight is 350 g/mol. The number of furan rings is 1. The summed E-state index contributed by atoms with van der Waals surface area (Å²) in [7, 11) is 1.67. The molecule has 5 nitrogen and oxygen atoms in total. The molecule has 0 bridgehead atoms. The number of nitrogens with one attached hydrogen (secondary N) is 2. The normalized spacial score (nSPS) is 11.5. The standard InChI is InChI=1S/C18H24ClN3O2/c1-23-14-12-22-18(21-11-9-16-6-4-13-24-16)20-10-8-15-5-2-3-7-17(15)19/h2-7,13H,8-12,14H2,1H3,(H2,20,21,22). The summed E-state index contributed by atoms with van der Waals surface area (Å²) in [4.78, 5) is 4.49. The van der Waals surface area contributed by atoms with Gasteiger partial charge >= 0.3 is 0 Å². The molecule has 0 aliphatic carbocycles. The quantitative estimate of drug-likeness (QED) is 0.415. The fourth-order valence-corrected chi connectivity index (χ4v) is 2.43. The third-order valence-electron chi connectivity index (χ3n) is 3.45. The fourth-order valence-electron chi connectivity index (χ4n) is 2.20. The predicted molar refractivity (Wildman–Crippen MR) is 97.8 cm³/mol. The van der Waals surface area contributed by atoms with Crippen molar-refractivity contribution in [3.8, 4) is 0 Å². The molecule has 2 rings (SSSR count). The van der Waals surface area contributed by atoms with E-state index in [4.69, 9.17) is 20.8 Å². The van der Waals surface area contributed by atoms with E-state index in [9.17, 15) is 0 Å². The Hall–Kier alpha value is -1.98. The molecule has 0 saturated heterocycles. The molecule has 6 heteroatoms. The van der Waals surface area contributed by atoms with Gasteiger partial charge in [-0.3, -0.25) is 4.99 Å². The van der Waals surface area contributed by atoms with Crippen LogP contribution in [0.3, 0.4) is 0 Å². The smallest absolute Gasteiger partial charge is 0.191 e. The van der Waals surface area contributed by atoms with Gasteiger partial charge in [-0.1, -0.05) is 29.8 Å². The Labute approximate surface area is 148 Å².